The van der Waals surface area contributed by atoms with Gasteiger partial charge in [-0.3, -0.25) is 18.6 Å². The number of nitrogens with two attached hydrogens (primary N) is 1. The first-order valence-electron chi connectivity index (χ1n) is 22.1. The molecule has 3 N–H and O–H groups in total. The van der Waals surface area contributed by atoms with Crippen LogP contribution in [0.3, 0.4) is 0 Å². The van der Waals surface area contributed by atoms with E-state index in [0.29, 0.717) is 12.8 Å². The predicted molar refractivity (Wildman–Crippen MR) is 238 cm³/mol. The number of unbranched alkanes of at least 4 members (excludes halogenated alkanes) is 13. The van der Waals surface area contributed by atoms with E-state index < -0.39 is 32.5 Å². The molecule has 0 fully saturated rings. The van der Waals surface area contributed by atoms with Crippen LogP contribution in [-0.4, -0.2) is 49.3 Å². The summed E-state index contributed by atoms with van der Waals surface area (Å²) in [5, 5.41) is 0. The smallest absolute Gasteiger partial charge is 0.462 e. The molecule has 0 saturated heterocycles. The number of phosphoric ester groups is 1. The molecule has 0 spiro atoms. The Balaban J connectivity index is 4.28. The predicted octanol–water partition coefficient (Wildman–Crippen LogP) is 12.8. The second kappa shape index (κ2) is 42.8. The molecule has 0 radical (unpaired) electrons. The molecule has 0 aliphatic carbocycles. The molecule has 326 valence electrons. The van der Waals surface area contributed by atoms with E-state index in [2.05, 4.69) is 98.9 Å². The number of rotatable bonds is 40. The van der Waals surface area contributed by atoms with Crippen LogP contribution < -0.4 is 5.73 Å². The van der Waals surface area contributed by atoms with Crippen LogP contribution in [0, 0.1) is 0 Å². The first-order chi connectivity index (χ1) is 27.8. The maximum absolute atomic E-state index is 12.6. The number of phosphoric acid groups is 1. The highest BCUT2D eigenvalue weighted by Crippen LogP contribution is 2.43. The summed E-state index contributed by atoms with van der Waals surface area (Å²) in [6.45, 7) is 3.59. The quantitative estimate of drug-likeness (QED) is 0.0268. The van der Waals surface area contributed by atoms with Gasteiger partial charge in [0.1, 0.15) is 6.61 Å². The summed E-state index contributed by atoms with van der Waals surface area (Å²) in [5.41, 5.74) is 5.34. The zero-order valence-corrected chi connectivity index (χ0v) is 36.7. The Labute approximate surface area is 347 Å². The summed E-state index contributed by atoms with van der Waals surface area (Å²) in [6.07, 6.45) is 53.2. The van der Waals surface area contributed by atoms with Crippen molar-refractivity contribution in [3.05, 3.63) is 85.1 Å². The second-order valence-corrected chi connectivity index (χ2v) is 15.7. The highest BCUT2D eigenvalue weighted by atomic mass is 31.2. The lowest BCUT2D eigenvalue weighted by atomic mass is 10.1. The van der Waals surface area contributed by atoms with Gasteiger partial charge in [0.15, 0.2) is 6.10 Å². The fraction of sp³-hybridized carbons (Fsp3) is 0.660. The molecule has 0 aromatic heterocycles. The monoisotopic (exact) mass is 818 g/mol. The van der Waals surface area contributed by atoms with E-state index in [1.54, 1.807) is 0 Å². The fourth-order valence-electron chi connectivity index (χ4n) is 5.45. The normalized spacial score (nSPS) is 14.1. The van der Waals surface area contributed by atoms with Crippen LogP contribution in [0.4, 0.5) is 0 Å². The zero-order valence-electron chi connectivity index (χ0n) is 35.8. The van der Waals surface area contributed by atoms with Crippen molar-refractivity contribution >= 4 is 19.8 Å². The largest absolute Gasteiger partial charge is 0.472 e. The molecule has 10 heteroatoms. The zero-order chi connectivity index (χ0) is 41.8. The third-order valence-corrected chi connectivity index (χ3v) is 9.74. The molecule has 9 nitrogen and oxygen atoms in total. The maximum Gasteiger partial charge on any atom is 0.472 e. The maximum atomic E-state index is 12.6. The molecule has 0 aliphatic rings. The van der Waals surface area contributed by atoms with Crippen molar-refractivity contribution in [2.45, 2.75) is 174 Å². The topological polar surface area (TPSA) is 134 Å². The van der Waals surface area contributed by atoms with Gasteiger partial charge in [0, 0.05) is 19.4 Å². The Morgan fingerprint density at radius 3 is 1.35 bits per heavy atom. The summed E-state index contributed by atoms with van der Waals surface area (Å²) in [4.78, 5) is 34.9. The lowest BCUT2D eigenvalue weighted by molar-refractivity contribution is -0.161. The molecule has 2 atom stereocenters. The molecule has 0 rings (SSSR count). The minimum absolute atomic E-state index is 0.0399. The summed E-state index contributed by atoms with van der Waals surface area (Å²) < 4.78 is 32.7. The van der Waals surface area contributed by atoms with Crippen LogP contribution >= 0.6 is 7.82 Å². The van der Waals surface area contributed by atoms with E-state index in [1.165, 1.54) is 51.4 Å². The molecule has 0 heterocycles. The molecule has 1 unspecified atom stereocenters. The molecule has 0 bridgehead atoms. The van der Waals surface area contributed by atoms with Gasteiger partial charge in [-0.1, -0.05) is 144 Å². The number of carbonyl (C=O) groups is 2. The van der Waals surface area contributed by atoms with Gasteiger partial charge >= 0.3 is 19.8 Å². The summed E-state index contributed by atoms with van der Waals surface area (Å²) in [5.74, 6) is -0.898. The number of ether oxygens (including phenoxy) is 2. The second-order valence-electron chi connectivity index (χ2n) is 14.2. The van der Waals surface area contributed by atoms with Crippen molar-refractivity contribution in [1.29, 1.82) is 0 Å². The average Bonchev–Trinajstić information content (AvgIpc) is 3.20. The Hall–Kier alpha value is -2.81. The first-order valence-corrected chi connectivity index (χ1v) is 23.6. The van der Waals surface area contributed by atoms with Gasteiger partial charge < -0.3 is 20.1 Å². The van der Waals surface area contributed by atoms with Crippen LogP contribution in [-0.2, 0) is 32.7 Å². The van der Waals surface area contributed by atoms with E-state index in [0.717, 1.165) is 77.0 Å². The Morgan fingerprint density at radius 2 is 0.912 bits per heavy atom. The third-order valence-electron chi connectivity index (χ3n) is 8.75. The Morgan fingerprint density at radius 1 is 0.526 bits per heavy atom. The number of carbonyl (C=O) groups excluding carboxylic acids is 2. The molecular weight excluding hydrogens is 737 g/mol. The van der Waals surface area contributed by atoms with Gasteiger partial charge in [0.2, 0.25) is 0 Å². The van der Waals surface area contributed by atoms with Gasteiger partial charge in [-0.25, -0.2) is 4.57 Å². The minimum atomic E-state index is -4.40. The number of hydrogen-bond acceptors (Lipinski definition) is 8. The van der Waals surface area contributed by atoms with E-state index in [9.17, 15) is 19.0 Å². The molecule has 0 aliphatic heterocycles. The lowest BCUT2D eigenvalue weighted by Crippen LogP contribution is -2.29. The standard InChI is InChI=1S/C47H80NO8P/c1-3-5-7-9-11-13-15-17-19-21-22-24-26-28-30-32-34-36-38-40-47(50)56-45(44-55-57(51,52)54-42-41-48)43-53-46(49)39-37-35-33-31-29-27-25-23-20-18-16-14-12-10-8-6-4-2/h11-14,17-20,22,24-25,27-28,30,45H,3-10,15-16,21,23,26,29,31-44,48H2,1-2H3,(H,51,52)/b13-11-,14-12-,19-17-,20-18-,24-22-,27-25-,30-28-/t45-/m1/s1. The lowest BCUT2D eigenvalue weighted by Gasteiger charge is -2.19. The average molecular weight is 818 g/mol. The summed E-state index contributed by atoms with van der Waals surface area (Å²) in [7, 11) is -4.40. The molecule has 0 aromatic carbocycles. The highest BCUT2D eigenvalue weighted by molar-refractivity contribution is 7.47. The molecule has 0 amide bonds. The van der Waals surface area contributed by atoms with Crippen LogP contribution in [0.5, 0.6) is 0 Å². The SMILES string of the molecule is CCCCC/C=C\C/C=C\C/C=C\C/C=C\CCCCCC(=O)O[C@H](COC(=O)CCCCCC/C=C\C/C=C\C/C=C\CCCCC)COP(=O)(O)OCCN. The van der Waals surface area contributed by atoms with Crippen LogP contribution in [0.1, 0.15) is 168 Å². The van der Waals surface area contributed by atoms with Crippen molar-refractivity contribution in [1.82, 2.24) is 0 Å². The van der Waals surface area contributed by atoms with Crippen molar-refractivity contribution in [3.63, 3.8) is 0 Å². The minimum Gasteiger partial charge on any atom is -0.462 e. The molecule has 0 saturated carbocycles. The molecule has 57 heavy (non-hydrogen) atoms. The highest BCUT2D eigenvalue weighted by Gasteiger charge is 2.25. The van der Waals surface area contributed by atoms with E-state index in [-0.39, 0.29) is 32.6 Å². The number of hydrogen-bond donors (Lipinski definition) is 2. The third kappa shape index (κ3) is 42.6. The van der Waals surface area contributed by atoms with Crippen LogP contribution in [0.15, 0.2) is 85.1 Å². The van der Waals surface area contributed by atoms with Gasteiger partial charge in [0.05, 0.1) is 13.2 Å². The van der Waals surface area contributed by atoms with Crippen molar-refractivity contribution in [3.8, 4) is 0 Å². The van der Waals surface area contributed by atoms with E-state index in [1.807, 2.05) is 0 Å². The Kier molecular flexibility index (Phi) is 40.7. The molecule has 0 aromatic rings. The summed E-state index contributed by atoms with van der Waals surface area (Å²) >= 11 is 0. The Bertz CT molecular complexity index is 1210. The van der Waals surface area contributed by atoms with Crippen molar-refractivity contribution in [2.75, 3.05) is 26.4 Å². The van der Waals surface area contributed by atoms with Crippen molar-refractivity contribution in [2.24, 2.45) is 5.73 Å². The molecular formula is C47H80NO8P. The number of allylic oxidation sites excluding steroid dienone is 14. The number of esters is 2. The van der Waals surface area contributed by atoms with Crippen molar-refractivity contribution < 1.29 is 37.6 Å². The van der Waals surface area contributed by atoms with Crippen LogP contribution in [0.2, 0.25) is 0 Å². The van der Waals surface area contributed by atoms with Gasteiger partial charge in [-0.15, -0.1) is 0 Å². The van der Waals surface area contributed by atoms with Gasteiger partial charge in [-0.2, -0.15) is 0 Å². The fourth-order valence-corrected chi connectivity index (χ4v) is 6.21. The van der Waals surface area contributed by atoms with Crippen LogP contribution in [0.25, 0.3) is 0 Å². The summed E-state index contributed by atoms with van der Waals surface area (Å²) in [6, 6.07) is 0. The van der Waals surface area contributed by atoms with E-state index in [4.69, 9.17) is 24.3 Å². The van der Waals surface area contributed by atoms with Gasteiger partial charge in [-0.05, 0) is 96.3 Å². The van der Waals surface area contributed by atoms with E-state index >= 15 is 0 Å². The van der Waals surface area contributed by atoms with Gasteiger partial charge in [0.25, 0.3) is 0 Å². The first kappa shape index (κ1) is 54.2.